The molecule has 3 aromatic heterocycles. The lowest BCUT2D eigenvalue weighted by atomic mass is 10.2. The molecule has 1 atom stereocenters. The third-order valence-electron chi connectivity index (χ3n) is 6.62. The van der Waals surface area contributed by atoms with Crippen LogP contribution in [0.25, 0.3) is 5.52 Å². The molecule has 2 fully saturated rings. The first-order valence-electron chi connectivity index (χ1n) is 12.3. The molecule has 1 saturated heterocycles. The fourth-order valence-corrected chi connectivity index (χ4v) is 5.35. The van der Waals surface area contributed by atoms with Crippen molar-refractivity contribution in [3.05, 3.63) is 54.4 Å². The number of aromatic nitrogens is 5. The van der Waals surface area contributed by atoms with Crippen LogP contribution in [-0.2, 0) is 4.79 Å². The lowest BCUT2D eigenvalue weighted by molar-refractivity contribution is -0.117. The van der Waals surface area contributed by atoms with Crippen LogP contribution in [0.3, 0.4) is 0 Å². The molecule has 1 aliphatic heterocycles. The summed E-state index contributed by atoms with van der Waals surface area (Å²) in [6.07, 6.45) is 3.77. The van der Waals surface area contributed by atoms with Crippen LogP contribution in [0.1, 0.15) is 30.9 Å². The van der Waals surface area contributed by atoms with Gasteiger partial charge < -0.3 is 15.7 Å². The standard InChI is InChI=1S/C25H26F2N8O2S/c26-25(27)11-17(13-36)34(14-25)12-22(37)28-16-5-7-18(8-6-16)38-24-30-23(20-2-1-9-35(20)33-24)29-21-10-19(31-32-21)15-3-4-15/h1-2,5-10,15,17,36H,3-4,11-14H2,(H,28,37)(H2,29,30,31,32,33)/t17-/m0/s1. The average molecular weight is 541 g/mol. The van der Waals surface area contributed by atoms with Gasteiger partial charge >= 0.3 is 0 Å². The number of carbonyl (C=O) groups excluding carboxylic acids is 1. The number of hydrogen-bond acceptors (Lipinski definition) is 8. The molecule has 0 bridgehead atoms. The van der Waals surface area contributed by atoms with Crippen molar-refractivity contribution in [2.45, 2.75) is 47.2 Å². The predicted molar refractivity (Wildman–Crippen MR) is 138 cm³/mol. The van der Waals surface area contributed by atoms with E-state index in [1.165, 1.54) is 29.5 Å². The number of nitrogens with zero attached hydrogens (tertiary/aromatic N) is 5. The molecule has 6 rings (SSSR count). The van der Waals surface area contributed by atoms with Gasteiger partial charge in [-0.05, 0) is 61.0 Å². The molecule has 4 N–H and O–H groups in total. The largest absolute Gasteiger partial charge is 0.395 e. The lowest BCUT2D eigenvalue weighted by Crippen LogP contribution is -2.39. The third-order valence-corrected chi connectivity index (χ3v) is 7.49. The molecule has 1 aliphatic carbocycles. The van der Waals surface area contributed by atoms with E-state index in [1.807, 2.05) is 36.5 Å². The summed E-state index contributed by atoms with van der Waals surface area (Å²) in [7, 11) is 0. The van der Waals surface area contributed by atoms with E-state index in [1.54, 1.807) is 16.6 Å². The van der Waals surface area contributed by atoms with Crippen molar-refractivity contribution < 1.29 is 18.7 Å². The predicted octanol–water partition coefficient (Wildman–Crippen LogP) is 3.87. The second-order valence-corrected chi connectivity index (χ2v) is 10.7. The number of aliphatic hydroxyl groups is 1. The number of alkyl halides is 2. The first-order chi connectivity index (χ1) is 18.3. The Morgan fingerprint density at radius 2 is 2.05 bits per heavy atom. The van der Waals surface area contributed by atoms with Crippen molar-refractivity contribution in [1.29, 1.82) is 0 Å². The van der Waals surface area contributed by atoms with E-state index in [0.29, 0.717) is 28.4 Å². The van der Waals surface area contributed by atoms with Crippen LogP contribution in [0, 0.1) is 0 Å². The average Bonchev–Trinajstić information content (AvgIpc) is 3.29. The number of aliphatic hydroxyl groups excluding tert-OH is 1. The minimum absolute atomic E-state index is 0.212. The van der Waals surface area contributed by atoms with Crippen LogP contribution < -0.4 is 10.6 Å². The number of aromatic amines is 1. The van der Waals surface area contributed by atoms with E-state index in [-0.39, 0.29) is 6.54 Å². The van der Waals surface area contributed by atoms with Gasteiger partial charge in [0.2, 0.25) is 11.1 Å². The number of H-pyrrole nitrogens is 1. The van der Waals surface area contributed by atoms with Gasteiger partial charge in [-0.25, -0.2) is 18.3 Å². The Balaban J connectivity index is 1.11. The number of nitrogens with one attached hydrogen (secondary N) is 3. The minimum atomic E-state index is -2.90. The molecular formula is C25H26F2N8O2S. The first kappa shape index (κ1) is 24.8. The normalized spacial score (nSPS) is 19.2. The molecule has 0 spiro atoms. The highest BCUT2D eigenvalue weighted by atomic mass is 32.2. The summed E-state index contributed by atoms with van der Waals surface area (Å²) in [5.41, 5.74) is 2.49. The number of benzene rings is 1. The number of hydrogen-bond donors (Lipinski definition) is 4. The Morgan fingerprint density at radius 3 is 2.82 bits per heavy atom. The summed E-state index contributed by atoms with van der Waals surface area (Å²) in [6, 6.07) is 12.2. The molecule has 0 unspecified atom stereocenters. The highest BCUT2D eigenvalue weighted by Crippen LogP contribution is 2.40. The van der Waals surface area contributed by atoms with Crippen molar-refractivity contribution in [2.24, 2.45) is 0 Å². The fourth-order valence-electron chi connectivity index (χ4n) is 4.60. The van der Waals surface area contributed by atoms with E-state index in [2.05, 4.69) is 25.9 Å². The number of rotatable bonds is 9. The van der Waals surface area contributed by atoms with Crippen LogP contribution in [0.15, 0.2) is 58.7 Å². The second kappa shape index (κ2) is 9.97. The third kappa shape index (κ3) is 5.49. The Labute approximate surface area is 220 Å². The van der Waals surface area contributed by atoms with Crippen molar-refractivity contribution in [1.82, 2.24) is 29.7 Å². The molecule has 1 aromatic carbocycles. The van der Waals surface area contributed by atoms with Gasteiger partial charge in [-0.3, -0.25) is 14.8 Å². The van der Waals surface area contributed by atoms with Gasteiger partial charge in [-0.1, -0.05) is 0 Å². The van der Waals surface area contributed by atoms with E-state index in [0.717, 1.165) is 16.1 Å². The summed E-state index contributed by atoms with van der Waals surface area (Å²) in [4.78, 5) is 19.3. The Bertz CT molecular complexity index is 1450. The van der Waals surface area contributed by atoms with Crippen LogP contribution in [0.5, 0.6) is 0 Å². The highest BCUT2D eigenvalue weighted by Gasteiger charge is 2.45. The number of anilines is 3. The summed E-state index contributed by atoms with van der Waals surface area (Å²) < 4.78 is 29.1. The highest BCUT2D eigenvalue weighted by molar-refractivity contribution is 7.99. The van der Waals surface area contributed by atoms with E-state index >= 15 is 0 Å². The monoisotopic (exact) mass is 540 g/mol. The summed E-state index contributed by atoms with van der Waals surface area (Å²) in [5, 5.41) is 27.9. The van der Waals surface area contributed by atoms with Gasteiger partial charge in [0, 0.05) is 46.9 Å². The SMILES string of the molecule is O=C(CN1CC(F)(F)C[C@H]1CO)Nc1ccc(Sc2nc(Nc3cc(C4CC4)[nH]n3)c3cccn3n2)cc1. The smallest absolute Gasteiger partial charge is 0.262 e. The Kier molecular flexibility index (Phi) is 6.50. The molecule has 198 valence electrons. The maximum absolute atomic E-state index is 13.7. The van der Waals surface area contributed by atoms with Gasteiger partial charge in [0.15, 0.2) is 11.6 Å². The Hall–Kier alpha value is -3.55. The molecule has 0 radical (unpaired) electrons. The number of halogens is 2. The van der Waals surface area contributed by atoms with E-state index < -0.39 is 37.4 Å². The Morgan fingerprint density at radius 1 is 1.24 bits per heavy atom. The molecule has 4 heterocycles. The van der Waals surface area contributed by atoms with Crippen molar-refractivity contribution in [3.63, 3.8) is 0 Å². The van der Waals surface area contributed by atoms with Crippen LogP contribution in [-0.4, -0.2) is 72.4 Å². The number of fused-ring (bicyclic) bond motifs is 1. The maximum atomic E-state index is 13.7. The zero-order valence-corrected chi connectivity index (χ0v) is 21.1. The fraction of sp³-hybridized carbons (Fsp3) is 0.360. The van der Waals surface area contributed by atoms with Gasteiger partial charge in [0.05, 0.1) is 19.7 Å². The molecule has 1 saturated carbocycles. The van der Waals surface area contributed by atoms with Crippen LogP contribution >= 0.6 is 11.8 Å². The molecule has 2 aliphatic rings. The van der Waals surface area contributed by atoms with Crippen molar-refractivity contribution in [3.8, 4) is 0 Å². The van der Waals surface area contributed by atoms with Gasteiger partial charge in [-0.2, -0.15) is 5.10 Å². The number of amides is 1. The topological polar surface area (TPSA) is 123 Å². The first-order valence-corrected chi connectivity index (χ1v) is 13.1. The van der Waals surface area contributed by atoms with E-state index in [4.69, 9.17) is 4.98 Å². The molecule has 1 amide bonds. The molecule has 10 nitrogen and oxygen atoms in total. The summed E-state index contributed by atoms with van der Waals surface area (Å²) in [6.45, 7) is -1.16. The quantitative estimate of drug-likeness (QED) is 0.252. The molecule has 4 aromatic rings. The van der Waals surface area contributed by atoms with Gasteiger partial charge in [0.25, 0.3) is 5.92 Å². The zero-order chi connectivity index (χ0) is 26.3. The van der Waals surface area contributed by atoms with Crippen LogP contribution in [0.4, 0.5) is 26.1 Å². The van der Waals surface area contributed by atoms with Gasteiger partial charge in [0.1, 0.15) is 5.52 Å². The van der Waals surface area contributed by atoms with Crippen molar-refractivity contribution in [2.75, 3.05) is 30.3 Å². The van der Waals surface area contributed by atoms with Gasteiger partial charge in [-0.15, -0.1) is 5.10 Å². The van der Waals surface area contributed by atoms with E-state index in [9.17, 15) is 18.7 Å². The number of carbonyl (C=O) groups is 1. The molecule has 13 heteroatoms. The minimum Gasteiger partial charge on any atom is -0.395 e. The second-order valence-electron chi connectivity index (χ2n) is 9.66. The molecule has 38 heavy (non-hydrogen) atoms. The number of likely N-dealkylation sites (tertiary alicyclic amines) is 1. The summed E-state index contributed by atoms with van der Waals surface area (Å²) >= 11 is 1.36. The zero-order valence-electron chi connectivity index (χ0n) is 20.3. The van der Waals surface area contributed by atoms with Crippen molar-refractivity contribution >= 4 is 40.5 Å². The maximum Gasteiger partial charge on any atom is 0.262 e. The lowest BCUT2D eigenvalue weighted by Gasteiger charge is -2.21. The van der Waals surface area contributed by atoms with Crippen LogP contribution in [0.2, 0.25) is 0 Å². The summed E-state index contributed by atoms with van der Waals surface area (Å²) in [5.74, 6) is -1.41. The molecular weight excluding hydrogens is 514 g/mol.